The van der Waals surface area contributed by atoms with E-state index in [1.54, 1.807) is 36.1 Å². The number of anilines is 1. The summed E-state index contributed by atoms with van der Waals surface area (Å²) < 4.78 is 10.4. The lowest BCUT2D eigenvalue weighted by Crippen LogP contribution is -2.38. The number of likely N-dealkylation sites (tertiary alicyclic amines) is 1. The number of hydrogen-bond donors (Lipinski definition) is 1. The smallest absolute Gasteiger partial charge is 0.338 e. The van der Waals surface area contributed by atoms with Gasteiger partial charge in [-0.25, -0.2) is 4.79 Å². The van der Waals surface area contributed by atoms with Gasteiger partial charge in [-0.05, 0) is 56.5 Å². The summed E-state index contributed by atoms with van der Waals surface area (Å²) in [5, 5.41) is 2.71. The number of nitrogens with one attached hydrogen (secondary N) is 1. The molecule has 1 aliphatic rings. The summed E-state index contributed by atoms with van der Waals surface area (Å²) >= 11 is 0. The number of esters is 1. The van der Waals surface area contributed by atoms with Crippen LogP contribution in [0, 0.1) is 6.92 Å². The maximum Gasteiger partial charge on any atom is 0.338 e. The summed E-state index contributed by atoms with van der Waals surface area (Å²) in [5.74, 6) is -1.03. The van der Waals surface area contributed by atoms with E-state index in [0.717, 1.165) is 18.4 Å². The maximum absolute atomic E-state index is 12.4. The van der Waals surface area contributed by atoms with Crippen molar-refractivity contribution in [3.05, 3.63) is 53.5 Å². The van der Waals surface area contributed by atoms with Crippen molar-refractivity contribution >= 4 is 23.5 Å². The molecule has 1 aromatic carbocycles. The van der Waals surface area contributed by atoms with Gasteiger partial charge in [-0.15, -0.1) is 0 Å². The molecule has 0 spiro atoms. The van der Waals surface area contributed by atoms with Crippen LogP contribution in [0.3, 0.4) is 0 Å². The van der Waals surface area contributed by atoms with Gasteiger partial charge in [0.2, 0.25) is 0 Å². The Morgan fingerprint density at radius 3 is 2.59 bits per heavy atom. The zero-order chi connectivity index (χ0) is 19.4. The van der Waals surface area contributed by atoms with Crippen molar-refractivity contribution in [2.75, 3.05) is 18.4 Å². The van der Waals surface area contributed by atoms with E-state index in [9.17, 15) is 14.4 Å². The average Bonchev–Trinajstić information content (AvgIpc) is 3.36. The molecule has 142 valence electrons. The molecule has 7 nitrogen and oxygen atoms in total. The van der Waals surface area contributed by atoms with Crippen LogP contribution in [0.15, 0.2) is 41.0 Å². The number of rotatable bonds is 5. The van der Waals surface area contributed by atoms with Crippen molar-refractivity contribution in [3.63, 3.8) is 0 Å². The second-order valence-corrected chi connectivity index (χ2v) is 6.54. The lowest BCUT2D eigenvalue weighted by molar-refractivity contribution is -0.138. The first-order valence-corrected chi connectivity index (χ1v) is 8.91. The van der Waals surface area contributed by atoms with Crippen LogP contribution in [0.1, 0.15) is 46.2 Å². The predicted molar refractivity (Wildman–Crippen MR) is 98.5 cm³/mol. The molecular formula is C20H22N2O5. The van der Waals surface area contributed by atoms with Crippen molar-refractivity contribution in [2.24, 2.45) is 0 Å². The molecule has 3 rings (SSSR count). The molecule has 27 heavy (non-hydrogen) atoms. The Balaban J connectivity index is 1.68. The fourth-order valence-corrected chi connectivity index (χ4v) is 2.95. The highest BCUT2D eigenvalue weighted by Crippen LogP contribution is 2.20. The van der Waals surface area contributed by atoms with Gasteiger partial charge in [-0.2, -0.15) is 0 Å². The number of ether oxygens (including phenoxy) is 1. The fraction of sp³-hybridized carbons (Fsp3) is 0.350. The van der Waals surface area contributed by atoms with Gasteiger partial charge in [0.05, 0.1) is 11.8 Å². The van der Waals surface area contributed by atoms with E-state index in [4.69, 9.17) is 9.15 Å². The molecule has 0 unspecified atom stereocenters. The fourth-order valence-electron chi connectivity index (χ4n) is 2.95. The van der Waals surface area contributed by atoms with E-state index >= 15 is 0 Å². The second kappa shape index (κ2) is 8.07. The van der Waals surface area contributed by atoms with Crippen LogP contribution in [0.4, 0.5) is 5.69 Å². The van der Waals surface area contributed by atoms with E-state index in [-0.39, 0.29) is 17.2 Å². The number of furan rings is 1. The van der Waals surface area contributed by atoms with Gasteiger partial charge in [0.15, 0.2) is 11.9 Å². The first kappa shape index (κ1) is 18.7. The first-order chi connectivity index (χ1) is 13.0. The number of benzene rings is 1. The number of nitrogens with zero attached hydrogens (tertiary/aromatic N) is 1. The summed E-state index contributed by atoms with van der Waals surface area (Å²) in [7, 11) is 0. The van der Waals surface area contributed by atoms with Gasteiger partial charge in [0.1, 0.15) is 0 Å². The van der Waals surface area contributed by atoms with Crippen LogP contribution in [0.5, 0.6) is 0 Å². The zero-order valence-corrected chi connectivity index (χ0v) is 15.4. The molecule has 7 heteroatoms. The maximum atomic E-state index is 12.4. The highest BCUT2D eigenvalue weighted by Gasteiger charge is 2.26. The summed E-state index contributed by atoms with van der Waals surface area (Å²) in [6.45, 7) is 4.79. The Labute approximate surface area is 157 Å². The van der Waals surface area contributed by atoms with E-state index in [0.29, 0.717) is 18.8 Å². The Hall–Kier alpha value is -3.09. The third kappa shape index (κ3) is 4.36. The van der Waals surface area contributed by atoms with Crippen molar-refractivity contribution in [1.82, 2.24) is 4.90 Å². The molecular weight excluding hydrogens is 348 g/mol. The molecule has 0 radical (unpaired) electrons. The average molecular weight is 370 g/mol. The molecule has 0 saturated carbocycles. The molecule has 1 atom stereocenters. The third-order valence-electron chi connectivity index (χ3n) is 4.52. The van der Waals surface area contributed by atoms with Gasteiger partial charge in [-0.1, -0.05) is 6.07 Å². The lowest BCUT2D eigenvalue weighted by Gasteiger charge is -2.20. The largest absolute Gasteiger partial charge is 0.459 e. The molecule has 2 aromatic rings. The van der Waals surface area contributed by atoms with Gasteiger partial charge >= 0.3 is 5.97 Å². The Morgan fingerprint density at radius 2 is 1.93 bits per heavy atom. The normalized spacial score (nSPS) is 14.7. The van der Waals surface area contributed by atoms with Crippen molar-refractivity contribution in [2.45, 2.75) is 32.8 Å². The molecule has 1 aromatic heterocycles. The number of aryl methyl sites for hydroxylation is 1. The molecule has 1 aliphatic heterocycles. The zero-order valence-electron chi connectivity index (χ0n) is 15.4. The summed E-state index contributed by atoms with van der Waals surface area (Å²) in [4.78, 5) is 38.6. The van der Waals surface area contributed by atoms with Crippen LogP contribution >= 0.6 is 0 Å². The van der Waals surface area contributed by atoms with Gasteiger partial charge in [0, 0.05) is 18.8 Å². The van der Waals surface area contributed by atoms with Gasteiger partial charge in [-0.3, -0.25) is 9.59 Å². The molecule has 1 saturated heterocycles. The summed E-state index contributed by atoms with van der Waals surface area (Å²) in [6, 6.07) is 8.02. The van der Waals surface area contributed by atoms with E-state index in [2.05, 4.69) is 5.32 Å². The monoisotopic (exact) mass is 370 g/mol. The van der Waals surface area contributed by atoms with Crippen molar-refractivity contribution in [1.29, 1.82) is 0 Å². The highest BCUT2D eigenvalue weighted by molar-refractivity contribution is 6.03. The highest BCUT2D eigenvalue weighted by atomic mass is 16.5. The molecule has 2 amide bonds. The Morgan fingerprint density at radius 1 is 1.19 bits per heavy atom. The number of hydrogen-bond acceptors (Lipinski definition) is 5. The quantitative estimate of drug-likeness (QED) is 0.818. The summed E-state index contributed by atoms with van der Waals surface area (Å²) in [6.07, 6.45) is 2.51. The standard InChI is InChI=1S/C20H22N2O5/c1-13-7-8-15(12-16(13)21-18(23)17-6-5-11-26-17)20(25)27-14(2)19(24)22-9-3-4-10-22/h5-8,11-12,14H,3-4,9-10H2,1-2H3,(H,21,23)/t14-/m0/s1. The van der Waals surface area contributed by atoms with Crippen LogP contribution in [-0.2, 0) is 9.53 Å². The van der Waals surface area contributed by atoms with E-state index < -0.39 is 18.0 Å². The van der Waals surface area contributed by atoms with Crippen LogP contribution < -0.4 is 5.32 Å². The van der Waals surface area contributed by atoms with Gasteiger partial charge in [0.25, 0.3) is 11.8 Å². The third-order valence-corrected chi connectivity index (χ3v) is 4.52. The summed E-state index contributed by atoms with van der Waals surface area (Å²) in [5.41, 5.74) is 1.52. The van der Waals surface area contributed by atoms with Crippen LogP contribution in [-0.4, -0.2) is 41.9 Å². The molecule has 0 aliphatic carbocycles. The Kier molecular flexibility index (Phi) is 5.59. The first-order valence-electron chi connectivity index (χ1n) is 8.91. The predicted octanol–water partition coefficient (Wildman–Crippen LogP) is 3.01. The molecule has 0 bridgehead atoms. The number of amides is 2. The topological polar surface area (TPSA) is 88.9 Å². The second-order valence-electron chi connectivity index (χ2n) is 6.54. The van der Waals surface area contributed by atoms with Gasteiger partial charge < -0.3 is 19.4 Å². The minimum Gasteiger partial charge on any atom is -0.459 e. The van der Waals surface area contributed by atoms with E-state index in [1.165, 1.54) is 12.3 Å². The SMILES string of the molecule is Cc1ccc(C(=O)O[C@@H](C)C(=O)N2CCCC2)cc1NC(=O)c1ccco1. The number of carbonyl (C=O) groups excluding carboxylic acids is 3. The molecule has 1 fully saturated rings. The number of carbonyl (C=O) groups is 3. The molecule has 2 heterocycles. The van der Waals surface area contributed by atoms with Crippen LogP contribution in [0.25, 0.3) is 0 Å². The van der Waals surface area contributed by atoms with Crippen molar-refractivity contribution in [3.8, 4) is 0 Å². The minimum absolute atomic E-state index is 0.173. The molecule has 1 N–H and O–H groups in total. The Bertz CT molecular complexity index is 838. The van der Waals surface area contributed by atoms with E-state index in [1.807, 2.05) is 6.92 Å². The lowest BCUT2D eigenvalue weighted by atomic mass is 10.1. The minimum atomic E-state index is -0.849. The van der Waals surface area contributed by atoms with Crippen LogP contribution in [0.2, 0.25) is 0 Å². The van der Waals surface area contributed by atoms with Crippen molar-refractivity contribution < 1.29 is 23.5 Å².